The largest absolute Gasteiger partial charge is 0.343 e. The lowest BCUT2D eigenvalue weighted by atomic mass is 10.2. The van der Waals surface area contributed by atoms with Gasteiger partial charge in [0, 0.05) is 5.56 Å². The SMILES string of the molecule is Cc1ccc(N2C(=O)N(Cc3ccccc3F)c3ccccc3S2(=O)=O)cc1. The van der Waals surface area contributed by atoms with E-state index >= 15 is 0 Å². The summed E-state index contributed by atoms with van der Waals surface area (Å²) in [6, 6.07) is 18.3. The predicted molar refractivity (Wildman–Crippen MR) is 105 cm³/mol. The van der Waals surface area contributed by atoms with Crippen LogP contribution < -0.4 is 9.21 Å². The average Bonchev–Trinajstić information content (AvgIpc) is 2.68. The van der Waals surface area contributed by atoms with Crippen LogP contribution in [0.3, 0.4) is 0 Å². The number of urea groups is 1. The molecule has 142 valence electrons. The Labute approximate surface area is 162 Å². The van der Waals surface area contributed by atoms with Crippen molar-refractivity contribution in [3.05, 3.63) is 89.7 Å². The molecule has 0 aromatic heterocycles. The number of benzene rings is 3. The molecule has 0 atom stereocenters. The van der Waals surface area contributed by atoms with Gasteiger partial charge in [-0.1, -0.05) is 48.0 Å². The Morgan fingerprint density at radius 2 is 1.54 bits per heavy atom. The van der Waals surface area contributed by atoms with Crippen LogP contribution in [0.25, 0.3) is 0 Å². The zero-order valence-corrected chi connectivity index (χ0v) is 15.9. The van der Waals surface area contributed by atoms with Crippen LogP contribution in [-0.4, -0.2) is 14.4 Å². The second-order valence-corrected chi connectivity index (χ2v) is 8.29. The summed E-state index contributed by atoms with van der Waals surface area (Å²) < 4.78 is 41.3. The maximum Gasteiger partial charge on any atom is 0.343 e. The Hall–Kier alpha value is -3.19. The lowest BCUT2D eigenvalue weighted by Crippen LogP contribution is -2.50. The number of fused-ring (bicyclic) bond motifs is 1. The standard InChI is InChI=1S/C21H17FN2O3S/c1-15-10-12-17(13-11-15)24-21(25)23(14-16-6-2-3-7-18(16)22)19-8-4-5-9-20(19)28(24,26)27/h2-13H,14H2,1H3. The number of anilines is 2. The molecule has 0 saturated carbocycles. The molecular formula is C21H17FN2O3S. The van der Waals surface area contributed by atoms with Gasteiger partial charge in [-0.05, 0) is 37.3 Å². The number of carbonyl (C=O) groups is 1. The van der Waals surface area contributed by atoms with E-state index in [1.165, 1.54) is 17.0 Å². The topological polar surface area (TPSA) is 57.7 Å². The van der Waals surface area contributed by atoms with Crippen molar-refractivity contribution in [2.24, 2.45) is 0 Å². The number of hydrogen-bond acceptors (Lipinski definition) is 3. The molecule has 0 radical (unpaired) electrons. The van der Waals surface area contributed by atoms with E-state index in [0.29, 0.717) is 5.56 Å². The first-order chi connectivity index (χ1) is 13.4. The number of sulfonamides is 1. The van der Waals surface area contributed by atoms with E-state index in [1.807, 2.05) is 6.92 Å². The van der Waals surface area contributed by atoms with Gasteiger partial charge in [0.2, 0.25) is 0 Å². The number of para-hydroxylation sites is 1. The van der Waals surface area contributed by atoms with Crippen molar-refractivity contribution in [1.82, 2.24) is 0 Å². The number of aryl methyl sites for hydroxylation is 1. The van der Waals surface area contributed by atoms with E-state index in [1.54, 1.807) is 60.7 Å². The minimum atomic E-state index is -4.08. The van der Waals surface area contributed by atoms with Crippen LogP contribution in [-0.2, 0) is 16.6 Å². The van der Waals surface area contributed by atoms with Crippen molar-refractivity contribution >= 4 is 27.4 Å². The highest BCUT2D eigenvalue weighted by Crippen LogP contribution is 2.38. The Balaban J connectivity index is 1.88. The molecule has 7 heteroatoms. The molecule has 3 aromatic rings. The van der Waals surface area contributed by atoms with Crippen LogP contribution in [0.4, 0.5) is 20.6 Å². The highest BCUT2D eigenvalue weighted by atomic mass is 32.2. The van der Waals surface area contributed by atoms with Crippen molar-refractivity contribution in [2.45, 2.75) is 18.4 Å². The quantitative estimate of drug-likeness (QED) is 0.656. The van der Waals surface area contributed by atoms with Crippen molar-refractivity contribution in [3.8, 4) is 0 Å². The maximum absolute atomic E-state index is 14.2. The molecule has 1 heterocycles. The summed E-state index contributed by atoms with van der Waals surface area (Å²) in [5.41, 5.74) is 1.71. The van der Waals surface area contributed by atoms with Crippen molar-refractivity contribution in [2.75, 3.05) is 9.21 Å². The van der Waals surface area contributed by atoms with E-state index in [4.69, 9.17) is 0 Å². The van der Waals surface area contributed by atoms with Gasteiger partial charge in [0.25, 0.3) is 10.0 Å². The molecule has 1 aliphatic rings. The van der Waals surface area contributed by atoms with Gasteiger partial charge >= 0.3 is 6.03 Å². The summed E-state index contributed by atoms with van der Waals surface area (Å²) in [6.07, 6.45) is 0. The Morgan fingerprint density at radius 3 is 2.25 bits per heavy atom. The highest BCUT2D eigenvalue weighted by molar-refractivity contribution is 7.94. The van der Waals surface area contributed by atoms with Gasteiger partial charge in [-0.2, -0.15) is 4.31 Å². The smallest absolute Gasteiger partial charge is 0.287 e. The summed E-state index contributed by atoms with van der Waals surface area (Å²) in [4.78, 5) is 14.5. The lowest BCUT2D eigenvalue weighted by molar-refractivity contribution is 0.253. The van der Waals surface area contributed by atoms with Crippen molar-refractivity contribution in [3.63, 3.8) is 0 Å². The fraction of sp³-hybridized carbons (Fsp3) is 0.0952. The zero-order chi connectivity index (χ0) is 19.9. The minimum Gasteiger partial charge on any atom is -0.287 e. The van der Waals surface area contributed by atoms with Crippen LogP contribution in [0.2, 0.25) is 0 Å². The molecule has 3 aromatic carbocycles. The van der Waals surface area contributed by atoms with Crippen molar-refractivity contribution in [1.29, 1.82) is 0 Å². The fourth-order valence-electron chi connectivity index (χ4n) is 3.19. The van der Waals surface area contributed by atoms with Crippen LogP contribution in [0.5, 0.6) is 0 Å². The summed E-state index contributed by atoms with van der Waals surface area (Å²) in [5, 5.41) is 0. The summed E-state index contributed by atoms with van der Waals surface area (Å²) in [6.45, 7) is 1.79. The van der Waals surface area contributed by atoms with E-state index in [9.17, 15) is 17.6 Å². The molecular weight excluding hydrogens is 379 g/mol. The molecule has 5 nitrogen and oxygen atoms in total. The first-order valence-electron chi connectivity index (χ1n) is 8.65. The molecule has 0 fully saturated rings. The number of hydrogen-bond donors (Lipinski definition) is 0. The van der Waals surface area contributed by atoms with E-state index in [0.717, 1.165) is 9.87 Å². The summed E-state index contributed by atoms with van der Waals surface area (Å²) >= 11 is 0. The third kappa shape index (κ3) is 2.93. The Morgan fingerprint density at radius 1 is 0.893 bits per heavy atom. The number of rotatable bonds is 3. The van der Waals surface area contributed by atoms with Crippen LogP contribution in [0.15, 0.2) is 77.7 Å². The van der Waals surface area contributed by atoms with E-state index in [-0.39, 0.29) is 22.8 Å². The number of nitrogens with zero attached hydrogens (tertiary/aromatic N) is 2. The van der Waals surface area contributed by atoms with Crippen molar-refractivity contribution < 1.29 is 17.6 Å². The molecule has 2 amide bonds. The molecule has 0 spiro atoms. The molecule has 0 N–H and O–H groups in total. The second-order valence-electron chi connectivity index (χ2n) is 6.53. The molecule has 28 heavy (non-hydrogen) atoms. The predicted octanol–water partition coefficient (Wildman–Crippen LogP) is 4.47. The van der Waals surface area contributed by atoms with Gasteiger partial charge in [0.15, 0.2) is 0 Å². The fourth-order valence-corrected chi connectivity index (χ4v) is 4.78. The highest BCUT2D eigenvalue weighted by Gasteiger charge is 2.42. The van der Waals surface area contributed by atoms with Gasteiger partial charge in [0.05, 0.1) is 17.9 Å². The maximum atomic E-state index is 14.2. The molecule has 0 saturated heterocycles. The third-order valence-electron chi connectivity index (χ3n) is 4.63. The number of halogens is 1. The summed E-state index contributed by atoms with van der Waals surface area (Å²) in [7, 11) is -4.08. The van der Waals surface area contributed by atoms with Gasteiger partial charge in [-0.3, -0.25) is 4.90 Å². The molecule has 0 bridgehead atoms. The van der Waals surface area contributed by atoms with Gasteiger partial charge in [0.1, 0.15) is 10.7 Å². The van der Waals surface area contributed by atoms with Gasteiger partial charge < -0.3 is 0 Å². The zero-order valence-electron chi connectivity index (χ0n) is 15.0. The van der Waals surface area contributed by atoms with E-state index < -0.39 is 21.9 Å². The Kier molecular flexibility index (Phi) is 4.39. The Bertz CT molecular complexity index is 1160. The molecule has 0 aliphatic carbocycles. The number of amides is 2. The number of carbonyl (C=O) groups excluding carboxylic acids is 1. The lowest BCUT2D eigenvalue weighted by Gasteiger charge is -2.36. The first-order valence-corrected chi connectivity index (χ1v) is 10.1. The summed E-state index contributed by atoms with van der Waals surface area (Å²) in [5.74, 6) is -0.455. The van der Waals surface area contributed by atoms with Crippen LogP contribution in [0, 0.1) is 12.7 Å². The van der Waals surface area contributed by atoms with Crippen LogP contribution >= 0.6 is 0 Å². The third-order valence-corrected chi connectivity index (χ3v) is 6.38. The minimum absolute atomic E-state index is 0.00603. The molecule has 1 aliphatic heterocycles. The monoisotopic (exact) mass is 396 g/mol. The first kappa shape index (κ1) is 18.2. The van der Waals surface area contributed by atoms with E-state index in [2.05, 4.69) is 0 Å². The molecule has 4 rings (SSSR count). The van der Waals surface area contributed by atoms with Gasteiger partial charge in [-0.15, -0.1) is 0 Å². The van der Waals surface area contributed by atoms with Gasteiger partial charge in [-0.25, -0.2) is 17.6 Å². The van der Waals surface area contributed by atoms with Crippen LogP contribution in [0.1, 0.15) is 11.1 Å². The molecule has 0 unspecified atom stereocenters. The average molecular weight is 396 g/mol. The normalized spacial score (nSPS) is 15.4. The second kappa shape index (κ2) is 6.76.